The number of aromatic nitrogens is 2. The second kappa shape index (κ2) is 4.97. The number of amides is 2. The number of likely N-dealkylation sites (tertiary alicyclic amines) is 1. The highest BCUT2D eigenvalue weighted by molar-refractivity contribution is 6.27. The number of primary amides is 1. The molecule has 0 saturated carbocycles. The number of nitrogens with two attached hydrogens (primary N) is 1. The summed E-state index contributed by atoms with van der Waals surface area (Å²) in [7, 11) is 1.80. The van der Waals surface area contributed by atoms with E-state index in [4.69, 9.17) is 17.3 Å². The molecule has 0 radical (unpaired) electrons. The zero-order chi connectivity index (χ0) is 13.3. The minimum atomic E-state index is -0.395. The molecule has 1 fully saturated rings. The van der Waals surface area contributed by atoms with Crippen LogP contribution in [0.3, 0.4) is 0 Å². The number of alkyl halides is 1. The summed E-state index contributed by atoms with van der Waals surface area (Å²) < 4.78 is 1.67. The van der Waals surface area contributed by atoms with E-state index in [1.165, 1.54) is 0 Å². The molecule has 1 aromatic rings. The first kappa shape index (κ1) is 12.9. The van der Waals surface area contributed by atoms with Crippen LogP contribution in [0.4, 0.5) is 0 Å². The van der Waals surface area contributed by atoms with Gasteiger partial charge in [0.1, 0.15) is 5.88 Å². The molecule has 1 aliphatic rings. The van der Waals surface area contributed by atoms with Crippen molar-refractivity contribution in [1.82, 2.24) is 14.7 Å². The largest absolute Gasteiger partial charge is 0.369 e. The van der Waals surface area contributed by atoms with Crippen LogP contribution >= 0.6 is 11.6 Å². The van der Waals surface area contributed by atoms with Gasteiger partial charge < -0.3 is 10.6 Å². The van der Waals surface area contributed by atoms with Gasteiger partial charge >= 0.3 is 0 Å². The molecule has 2 amide bonds. The van der Waals surface area contributed by atoms with E-state index in [1.807, 2.05) is 6.20 Å². The number of aryl methyl sites for hydroxylation is 1. The van der Waals surface area contributed by atoms with E-state index < -0.39 is 5.91 Å². The van der Waals surface area contributed by atoms with Crippen molar-refractivity contribution >= 4 is 23.4 Å². The highest BCUT2D eigenvalue weighted by Crippen LogP contribution is 2.32. The van der Waals surface area contributed by atoms with Crippen LogP contribution in [-0.4, -0.2) is 45.5 Å². The SMILES string of the molecule is Cn1cc([C@@H]2CN(C(=O)CCl)C[C@H]2C(N)=O)cn1. The molecule has 2 rings (SSSR count). The van der Waals surface area contributed by atoms with E-state index in [-0.39, 0.29) is 23.6 Å². The Bertz CT molecular complexity index is 473. The van der Waals surface area contributed by atoms with Crippen molar-refractivity contribution in [3.05, 3.63) is 18.0 Å². The van der Waals surface area contributed by atoms with E-state index in [2.05, 4.69) is 5.10 Å². The van der Waals surface area contributed by atoms with E-state index in [9.17, 15) is 9.59 Å². The predicted octanol–water partition coefficient (Wildman–Crippen LogP) is -0.314. The first-order valence-corrected chi connectivity index (χ1v) is 6.18. The summed E-state index contributed by atoms with van der Waals surface area (Å²) in [6.45, 7) is 0.797. The van der Waals surface area contributed by atoms with Gasteiger partial charge in [-0.2, -0.15) is 5.10 Å². The lowest BCUT2D eigenvalue weighted by atomic mass is 9.90. The third-order valence-corrected chi connectivity index (χ3v) is 3.53. The van der Waals surface area contributed by atoms with Crippen molar-refractivity contribution in [3.63, 3.8) is 0 Å². The molecule has 1 aliphatic heterocycles. The topological polar surface area (TPSA) is 81.2 Å². The number of hydrogen-bond acceptors (Lipinski definition) is 3. The minimum Gasteiger partial charge on any atom is -0.369 e. The van der Waals surface area contributed by atoms with Crippen molar-refractivity contribution in [2.45, 2.75) is 5.92 Å². The number of halogens is 1. The van der Waals surface area contributed by atoms with Gasteiger partial charge in [0.25, 0.3) is 0 Å². The summed E-state index contributed by atoms with van der Waals surface area (Å²) in [6, 6.07) is 0. The van der Waals surface area contributed by atoms with Crippen LogP contribution in [-0.2, 0) is 16.6 Å². The third kappa shape index (κ3) is 2.33. The van der Waals surface area contributed by atoms with Crippen LogP contribution in [0.2, 0.25) is 0 Å². The molecule has 2 heterocycles. The van der Waals surface area contributed by atoms with Gasteiger partial charge in [0.15, 0.2) is 0 Å². The van der Waals surface area contributed by atoms with Gasteiger partial charge in [0, 0.05) is 32.3 Å². The van der Waals surface area contributed by atoms with E-state index >= 15 is 0 Å². The average molecular weight is 271 g/mol. The maximum absolute atomic E-state index is 11.6. The Hall–Kier alpha value is -1.56. The van der Waals surface area contributed by atoms with E-state index in [0.29, 0.717) is 13.1 Å². The molecule has 0 bridgehead atoms. The number of nitrogens with zero attached hydrogens (tertiary/aromatic N) is 3. The minimum absolute atomic E-state index is 0.0781. The molecule has 1 aromatic heterocycles. The Morgan fingerprint density at radius 3 is 2.78 bits per heavy atom. The van der Waals surface area contributed by atoms with Crippen LogP contribution < -0.4 is 5.73 Å². The van der Waals surface area contributed by atoms with Gasteiger partial charge in [-0.1, -0.05) is 0 Å². The Morgan fingerprint density at radius 1 is 1.56 bits per heavy atom. The van der Waals surface area contributed by atoms with Gasteiger partial charge in [-0.3, -0.25) is 14.3 Å². The molecule has 1 saturated heterocycles. The zero-order valence-electron chi connectivity index (χ0n) is 10.0. The fourth-order valence-corrected chi connectivity index (χ4v) is 2.52. The van der Waals surface area contributed by atoms with Crippen molar-refractivity contribution < 1.29 is 9.59 Å². The van der Waals surface area contributed by atoms with Gasteiger partial charge in [0.05, 0.1) is 12.1 Å². The monoisotopic (exact) mass is 270 g/mol. The smallest absolute Gasteiger partial charge is 0.237 e. The Morgan fingerprint density at radius 2 is 2.28 bits per heavy atom. The van der Waals surface area contributed by atoms with Crippen LogP contribution in [0.1, 0.15) is 11.5 Å². The molecule has 0 aromatic carbocycles. The van der Waals surface area contributed by atoms with Crippen molar-refractivity contribution in [2.24, 2.45) is 18.7 Å². The lowest BCUT2D eigenvalue weighted by Gasteiger charge is -2.13. The normalized spacial score (nSPS) is 23.3. The second-order valence-corrected chi connectivity index (χ2v) is 4.76. The Kier molecular flexibility index (Phi) is 3.56. The quantitative estimate of drug-likeness (QED) is 0.765. The van der Waals surface area contributed by atoms with Crippen molar-refractivity contribution in [1.29, 1.82) is 0 Å². The number of rotatable bonds is 3. The first-order chi connectivity index (χ1) is 8.52. The second-order valence-electron chi connectivity index (χ2n) is 4.50. The highest BCUT2D eigenvalue weighted by Gasteiger charge is 2.39. The molecule has 98 valence electrons. The van der Waals surface area contributed by atoms with Crippen molar-refractivity contribution in [2.75, 3.05) is 19.0 Å². The molecule has 6 nitrogen and oxygen atoms in total. The highest BCUT2D eigenvalue weighted by atomic mass is 35.5. The molecule has 2 N–H and O–H groups in total. The first-order valence-electron chi connectivity index (χ1n) is 5.64. The van der Waals surface area contributed by atoms with E-state index in [1.54, 1.807) is 22.8 Å². The Balaban J connectivity index is 2.22. The maximum Gasteiger partial charge on any atom is 0.237 e. The van der Waals surface area contributed by atoms with Gasteiger partial charge in [0.2, 0.25) is 11.8 Å². The molecule has 0 aliphatic carbocycles. The molecule has 7 heteroatoms. The summed E-state index contributed by atoms with van der Waals surface area (Å²) in [5.74, 6) is -1.11. The van der Waals surface area contributed by atoms with Gasteiger partial charge in [-0.25, -0.2) is 0 Å². The van der Waals surface area contributed by atoms with Crippen LogP contribution in [0.15, 0.2) is 12.4 Å². The molecule has 2 atom stereocenters. The summed E-state index contributed by atoms with van der Waals surface area (Å²) in [6.07, 6.45) is 3.55. The van der Waals surface area contributed by atoms with Crippen LogP contribution in [0, 0.1) is 5.92 Å². The summed E-state index contributed by atoms with van der Waals surface area (Å²) in [4.78, 5) is 24.6. The predicted molar refractivity (Wildman–Crippen MR) is 65.9 cm³/mol. The summed E-state index contributed by atoms with van der Waals surface area (Å²) in [5.41, 5.74) is 6.32. The molecular formula is C11H15ClN4O2. The summed E-state index contributed by atoms with van der Waals surface area (Å²) >= 11 is 5.53. The fraction of sp³-hybridized carbons (Fsp3) is 0.545. The van der Waals surface area contributed by atoms with Crippen LogP contribution in [0.5, 0.6) is 0 Å². The van der Waals surface area contributed by atoms with E-state index in [0.717, 1.165) is 5.56 Å². The standard InChI is InChI=1S/C11H15ClN4O2/c1-15-4-7(3-14-15)8-5-16(10(17)2-12)6-9(8)11(13)18/h3-4,8-9H,2,5-6H2,1H3,(H2,13,18)/t8-,9+/m0/s1. The number of hydrogen-bond donors (Lipinski definition) is 1. The molecule has 0 spiro atoms. The third-order valence-electron chi connectivity index (χ3n) is 3.31. The molecule has 0 unspecified atom stereocenters. The lowest BCUT2D eigenvalue weighted by Crippen LogP contribution is -2.32. The summed E-state index contributed by atoms with van der Waals surface area (Å²) in [5, 5.41) is 4.08. The number of carbonyl (C=O) groups excluding carboxylic acids is 2. The van der Waals surface area contributed by atoms with Gasteiger partial charge in [-0.05, 0) is 5.56 Å². The Labute approximate surface area is 110 Å². The average Bonchev–Trinajstić information content (AvgIpc) is 2.93. The molecule has 18 heavy (non-hydrogen) atoms. The zero-order valence-corrected chi connectivity index (χ0v) is 10.8. The maximum atomic E-state index is 11.6. The van der Waals surface area contributed by atoms with Crippen molar-refractivity contribution in [3.8, 4) is 0 Å². The fourth-order valence-electron chi connectivity index (χ4n) is 2.35. The lowest BCUT2D eigenvalue weighted by molar-refractivity contribution is -0.127. The van der Waals surface area contributed by atoms with Crippen LogP contribution in [0.25, 0.3) is 0 Å². The number of carbonyl (C=O) groups is 2. The van der Waals surface area contributed by atoms with Gasteiger partial charge in [-0.15, -0.1) is 11.6 Å². The molecular weight excluding hydrogens is 256 g/mol.